The Morgan fingerprint density at radius 1 is 1.42 bits per heavy atom. The van der Waals surface area contributed by atoms with Crippen LogP contribution >= 0.6 is 11.8 Å². The highest BCUT2D eigenvalue weighted by Crippen LogP contribution is 2.19. The molecule has 0 aliphatic heterocycles. The molecule has 0 spiro atoms. The molecule has 3 nitrogen and oxygen atoms in total. The van der Waals surface area contributed by atoms with Crippen LogP contribution in [0.2, 0.25) is 0 Å². The molecule has 0 aromatic heterocycles. The van der Waals surface area contributed by atoms with Crippen LogP contribution in [0.3, 0.4) is 0 Å². The molecule has 70 valence electrons. The number of rotatable bonds is 4. The fourth-order valence-electron chi connectivity index (χ4n) is 0.828. The molecule has 0 rings (SSSR count). The monoisotopic (exact) mass is 190 g/mol. The predicted molar refractivity (Wildman–Crippen MR) is 49.2 cm³/mol. The molecule has 4 heteroatoms. The third-order valence-electron chi connectivity index (χ3n) is 1.27. The zero-order chi connectivity index (χ0) is 9.72. The summed E-state index contributed by atoms with van der Waals surface area (Å²) in [6, 6.07) is 0. The summed E-state index contributed by atoms with van der Waals surface area (Å²) >= 11 is 0.898. The van der Waals surface area contributed by atoms with Crippen LogP contribution in [0.4, 0.5) is 0 Å². The Balaban J connectivity index is 4.04. The third-order valence-corrected chi connectivity index (χ3v) is 2.28. The van der Waals surface area contributed by atoms with Crippen molar-refractivity contribution in [2.75, 3.05) is 0 Å². The molecule has 0 aromatic rings. The Morgan fingerprint density at radius 3 is 2.17 bits per heavy atom. The molecule has 0 aromatic carbocycles. The molecule has 0 aliphatic rings. The van der Waals surface area contributed by atoms with E-state index in [4.69, 9.17) is 5.11 Å². The number of carbonyl (C=O) groups is 2. The van der Waals surface area contributed by atoms with Gasteiger partial charge in [-0.1, -0.05) is 25.6 Å². The highest BCUT2D eigenvalue weighted by atomic mass is 32.2. The average Bonchev–Trinajstić information content (AvgIpc) is 1.83. The second kappa shape index (κ2) is 5.19. The molecular weight excluding hydrogens is 176 g/mol. The van der Waals surface area contributed by atoms with Crippen molar-refractivity contribution in [1.82, 2.24) is 0 Å². The summed E-state index contributed by atoms with van der Waals surface area (Å²) in [7, 11) is 0. The molecule has 0 amide bonds. The minimum Gasteiger partial charge on any atom is -0.480 e. The largest absolute Gasteiger partial charge is 0.480 e. The van der Waals surface area contributed by atoms with Gasteiger partial charge in [-0.15, -0.1) is 0 Å². The van der Waals surface area contributed by atoms with E-state index in [2.05, 4.69) is 0 Å². The standard InChI is InChI=1S/C8H14O3S/c1-5(2)4-7(8(10)11)12-6(3)9/h5,7H,4H2,1-3H3,(H,10,11). The molecule has 0 saturated carbocycles. The van der Waals surface area contributed by atoms with Gasteiger partial charge >= 0.3 is 5.97 Å². The summed E-state index contributed by atoms with van der Waals surface area (Å²) in [6.07, 6.45) is 0.541. The van der Waals surface area contributed by atoms with Crippen molar-refractivity contribution >= 4 is 22.8 Å². The van der Waals surface area contributed by atoms with Gasteiger partial charge in [0.05, 0.1) is 0 Å². The maximum atomic E-state index is 10.6. The average molecular weight is 190 g/mol. The molecule has 0 fully saturated rings. The molecule has 1 N–H and O–H groups in total. The lowest BCUT2D eigenvalue weighted by atomic mass is 10.1. The van der Waals surface area contributed by atoms with Crippen LogP contribution in [0.25, 0.3) is 0 Å². The Kier molecular flexibility index (Phi) is 4.97. The van der Waals surface area contributed by atoms with Crippen LogP contribution in [0.1, 0.15) is 27.2 Å². The summed E-state index contributed by atoms with van der Waals surface area (Å²) in [5, 5.41) is 7.98. The van der Waals surface area contributed by atoms with Gasteiger partial charge in [-0.25, -0.2) is 0 Å². The fourth-order valence-corrected chi connectivity index (χ4v) is 1.81. The molecule has 0 saturated heterocycles. The summed E-state index contributed by atoms with van der Waals surface area (Å²) in [6.45, 7) is 5.27. The summed E-state index contributed by atoms with van der Waals surface area (Å²) in [5.74, 6) is -0.596. The number of carboxylic acid groups (broad SMARTS) is 1. The van der Waals surface area contributed by atoms with Gasteiger partial charge in [-0.05, 0) is 12.3 Å². The molecule has 0 aliphatic carbocycles. The zero-order valence-electron chi connectivity index (χ0n) is 7.53. The molecule has 1 atom stereocenters. The van der Waals surface area contributed by atoms with Crippen molar-refractivity contribution in [2.45, 2.75) is 32.4 Å². The van der Waals surface area contributed by atoms with Crippen LogP contribution < -0.4 is 0 Å². The molecule has 0 radical (unpaired) electrons. The van der Waals surface area contributed by atoms with Crippen molar-refractivity contribution in [1.29, 1.82) is 0 Å². The maximum absolute atomic E-state index is 10.6. The van der Waals surface area contributed by atoms with Crippen LogP contribution in [0.5, 0.6) is 0 Å². The Morgan fingerprint density at radius 2 is 1.92 bits per heavy atom. The summed E-state index contributed by atoms with van der Waals surface area (Å²) < 4.78 is 0. The van der Waals surface area contributed by atoms with Crippen LogP contribution in [0.15, 0.2) is 0 Å². The molecular formula is C8H14O3S. The van der Waals surface area contributed by atoms with Crippen LogP contribution in [-0.2, 0) is 9.59 Å². The molecule has 0 heterocycles. The highest BCUT2D eigenvalue weighted by Gasteiger charge is 2.20. The van der Waals surface area contributed by atoms with Gasteiger partial charge < -0.3 is 5.11 Å². The fraction of sp³-hybridized carbons (Fsp3) is 0.750. The Bertz CT molecular complexity index is 177. The van der Waals surface area contributed by atoms with E-state index in [0.29, 0.717) is 12.3 Å². The smallest absolute Gasteiger partial charge is 0.317 e. The van der Waals surface area contributed by atoms with Gasteiger partial charge in [-0.2, -0.15) is 0 Å². The van der Waals surface area contributed by atoms with Gasteiger partial charge in [0.1, 0.15) is 5.25 Å². The van der Waals surface area contributed by atoms with Crippen LogP contribution in [0, 0.1) is 5.92 Å². The number of carbonyl (C=O) groups excluding carboxylic acids is 1. The first kappa shape index (κ1) is 11.5. The minimum atomic E-state index is -0.899. The minimum absolute atomic E-state index is 0.136. The van der Waals surface area contributed by atoms with E-state index in [1.807, 2.05) is 13.8 Å². The van der Waals surface area contributed by atoms with Crippen molar-refractivity contribution < 1.29 is 14.7 Å². The lowest BCUT2D eigenvalue weighted by Gasteiger charge is -2.11. The van der Waals surface area contributed by atoms with E-state index in [0.717, 1.165) is 11.8 Å². The third kappa shape index (κ3) is 5.18. The number of carboxylic acids is 1. The van der Waals surface area contributed by atoms with Crippen LogP contribution in [-0.4, -0.2) is 21.4 Å². The molecule has 0 bridgehead atoms. The number of hydrogen-bond donors (Lipinski definition) is 1. The van der Waals surface area contributed by atoms with E-state index >= 15 is 0 Å². The Labute approximate surface area is 76.5 Å². The molecule has 12 heavy (non-hydrogen) atoms. The van der Waals surface area contributed by atoms with E-state index in [-0.39, 0.29) is 5.12 Å². The first-order chi connectivity index (χ1) is 5.43. The van der Waals surface area contributed by atoms with Crippen molar-refractivity contribution in [3.05, 3.63) is 0 Å². The second-order valence-electron chi connectivity index (χ2n) is 3.07. The van der Waals surface area contributed by atoms with E-state index in [1.165, 1.54) is 6.92 Å². The van der Waals surface area contributed by atoms with Gasteiger partial charge in [-0.3, -0.25) is 9.59 Å². The van der Waals surface area contributed by atoms with Crippen molar-refractivity contribution in [3.8, 4) is 0 Å². The molecule has 1 unspecified atom stereocenters. The number of hydrogen-bond acceptors (Lipinski definition) is 3. The van der Waals surface area contributed by atoms with Crippen molar-refractivity contribution in [2.24, 2.45) is 5.92 Å². The quantitative estimate of drug-likeness (QED) is 0.734. The first-order valence-electron chi connectivity index (χ1n) is 3.83. The second-order valence-corrected chi connectivity index (χ2v) is 4.45. The van der Waals surface area contributed by atoms with Gasteiger partial charge in [0.2, 0.25) is 0 Å². The summed E-state index contributed by atoms with van der Waals surface area (Å²) in [4.78, 5) is 21.2. The predicted octanol–water partition coefficient (Wildman–Crippen LogP) is 1.77. The lowest BCUT2D eigenvalue weighted by molar-refractivity contribution is -0.136. The highest BCUT2D eigenvalue weighted by molar-refractivity contribution is 8.14. The van der Waals surface area contributed by atoms with E-state index < -0.39 is 11.2 Å². The Hall–Kier alpha value is -0.510. The first-order valence-corrected chi connectivity index (χ1v) is 4.71. The SMILES string of the molecule is CC(=O)SC(CC(C)C)C(=O)O. The van der Waals surface area contributed by atoms with Crippen molar-refractivity contribution in [3.63, 3.8) is 0 Å². The maximum Gasteiger partial charge on any atom is 0.317 e. The van der Waals surface area contributed by atoms with E-state index in [9.17, 15) is 9.59 Å². The van der Waals surface area contributed by atoms with Gasteiger partial charge in [0, 0.05) is 6.92 Å². The van der Waals surface area contributed by atoms with E-state index in [1.54, 1.807) is 0 Å². The van der Waals surface area contributed by atoms with Gasteiger partial charge in [0.15, 0.2) is 5.12 Å². The topological polar surface area (TPSA) is 54.4 Å². The lowest BCUT2D eigenvalue weighted by Crippen LogP contribution is -2.19. The summed E-state index contributed by atoms with van der Waals surface area (Å²) in [5.41, 5.74) is 0. The number of thioether (sulfide) groups is 1. The van der Waals surface area contributed by atoms with Gasteiger partial charge in [0.25, 0.3) is 0 Å². The number of aliphatic carboxylic acids is 1. The normalized spacial score (nSPS) is 13.0. The zero-order valence-corrected chi connectivity index (χ0v) is 8.35.